The topological polar surface area (TPSA) is 84.4 Å². The number of carbonyl (C=O) groups is 2. The third-order valence-electron chi connectivity index (χ3n) is 5.52. The number of para-hydroxylation sites is 1. The molecule has 1 fully saturated rings. The highest BCUT2D eigenvalue weighted by Gasteiger charge is 2.34. The van der Waals surface area contributed by atoms with Crippen molar-refractivity contribution in [3.63, 3.8) is 0 Å². The maximum absolute atomic E-state index is 12.6. The molecule has 3 aromatic rings. The zero-order chi connectivity index (χ0) is 22.5. The summed E-state index contributed by atoms with van der Waals surface area (Å²) in [4.78, 5) is 26.6. The van der Waals surface area contributed by atoms with Gasteiger partial charge in [-0.05, 0) is 55.7 Å². The first-order chi connectivity index (χ1) is 15.5. The fourth-order valence-electron chi connectivity index (χ4n) is 3.59. The van der Waals surface area contributed by atoms with Crippen molar-refractivity contribution in [2.45, 2.75) is 39.0 Å². The number of carbonyl (C=O) groups excluding carboxylic acids is 2. The van der Waals surface area contributed by atoms with Gasteiger partial charge in [0, 0.05) is 31.0 Å². The Morgan fingerprint density at radius 2 is 1.97 bits per heavy atom. The quantitative estimate of drug-likeness (QED) is 0.512. The molecule has 2 amide bonds. The van der Waals surface area contributed by atoms with Crippen molar-refractivity contribution in [2.24, 2.45) is 0 Å². The Morgan fingerprint density at radius 3 is 2.75 bits per heavy atom. The highest BCUT2D eigenvalue weighted by Crippen LogP contribution is 2.34. The molecule has 7 nitrogen and oxygen atoms in total. The van der Waals surface area contributed by atoms with E-state index in [2.05, 4.69) is 22.4 Å². The van der Waals surface area contributed by atoms with E-state index in [4.69, 9.17) is 4.74 Å². The second-order valence-corrected chi connectivity index (χ2v) is 8.94. The van der Waals surface area contributed by atoms with Crippen LogP contribution >= 0.6 is 11.3 Å². The Balaban J connectivity index is 1.27. The van der Waals surface area contributed by atoms with E-state index in [0.717, 1.165) is 22.0 Å². The van der Waals surface area contributed by atoms with Gasteiger partial charge in [-0.25, -0.2) is 0 Å². The van der Waals surface area contributed by atoms with Gasteiger partial charge in [0.25, 0.3) is 0 Å². The minimum Gasteiger partial charge on any atom is -0.494 e. The summed E-state index contributed by atoms with van der Waals surface area (Å²) in [6, 6.07) is 15.6. The number of ether oxygens (including phenoxy) is 1. The summed E-state index contributed by atoms with van der Waals surface area (Å²) in [5, 5.41) is 12.4. The number of benzene rings is 2. The molecule has 0 aliphatic carbocycles. The molecule has 1 N–H and O–H groups in total. The van der Waals surface area contributed by atoms with Crippen molar-refractivity contribution in [1.82, 2.24) is 10.2 Å². The summed E-state index contributed by atoms with van der Waals surface area (Å²) < 4.78 is 5.61. The molecule has 0 radical (unpaired) electrons. The molecule has 1 aromatic heterocycles. The molecule has 166 valence electrons. The number of amides is 2. The van der Waals surface area contributed by atoms with Gasteiger partial charge in [0.2, 0.25) is 16.9 Å². The van der Waals surface area contributed by atoms with Gasteiger partial charge in [0.05, 0.1) is 6.61 Å². The van der Waals surface area contributed by atoms with Gasteiger partial charge < -0.3 is 15.0 Å². The monoisotopic (exact) mass is 450 g/mol. The molecule has 1 aliphatic rings. The number of aromatic nitrogens is 2. The minimum atomic E-state index is -0.122. The van der Waals surface area contributed by atoms with Gasteiger partial charge in [-0.1, -0.05) is 35.6 Å². The predicted octanol–water partition coefficient (Wildman–Crippen LogP) is 4.47. The highest BCUT2D eigenvalue weighted by atomic mass is 32.1. The van der Waals surface area contributed by atoms with E-state index in [1.807, 2.05) is 60.4 Å². The summed E-state index contributed by atoms with van der Waals surface area (Å²) in [6.07, 6.45) is 1.34. The summed E-state index contributed by atoms with van der Waals surface area (Å²) >= 11 is 1.34. The van der Waals surface area contributed by atoms with Crippen LogP contribution in [0.1, 0.15) is 41.3 Å². The SMILES string of the molecule is Cc1ccc(N2C[C@@H](c3nnc(NC(=O)CCCOc4ccccc4)s3)CC2=O)cc1C. The van der Waals surface area contributed by atoms with Gasteiger partial charge in [-0.2, -0.15) is 0 Å². The van der Waals surface area contributed by atoms with Crippen LogP contribution in [0.5, 0.6) is 5.75 Å². The first-order valence-corrected chi connectivity index (χ1v) is 11.5. The number of nitrogens with zero attached hydrogens (tertiary/aromatic N) is 3. The largest absolute Gasteiger partial charge is 0.494 e. The van der Waals surface area contributed by atoms with Crippen molar-refractivity contribution < 1.29 is 14.3 Å². The molecule has 1 aliphatic heterocycles. The fraction of sp³-hybridized carbons (Fsp3) is 0.333. The third kappa shape index (κ3) is 5.31. The summed E-state index contributed by atoms with van der Waals surface area (Å²) in [5.74, 6) is 0.732. The maximum atomic E-state index is 12.6. The average Bonchev–Trinajstić information content (AvgIpc) is 3.40. The van der Waals surface area contributed by atoms with Gasteiger partial charge in [0.15, 0.2) is 0 Å². The van der Waals surface area contributed by atoms with Crippen molar-refractivity contribution in [3.8, 4) is 5.75 Å². The molecule has 2 aromatic carbocycles. The van der Waals surface area contributed by atoms with Crippen molar-refractivity contribution in [1.29, 1.82) is 0 Å². The molecule has 1 atom stereocenters. The maximum Gasteiger partial charge on any atom is 0.227 e. The van der Waals surface area contributed by atoms with Crippen LogP contribution in [0.3, 0.4) is 0 Å². The highest BCUT2D eigenvalue weighted by molar-refractivity contribution is 7.15. The summed E-state index contributed by atoms with van der Waals surface area (Å²) in [6.45, 7) is 5.14. The Hall–Kier alpha value is -3.26. The lowest BCUT2D eigenvalue weighted by Crippen LogP contribution is -2.24. The van der Waals surface area contributed by atoms with E-state index in [1.54, 1.807) is 0 Å². The molecule has 4 rings (SSSR count). The molecular formula is C24H26N4O3S. The molecule has 0 bridgehead atoms. The number of hydrogen-bond donors (Lipinski definition) is 1. The number of nitrogens with one attached hydrogen (secondary N) is 1. The number of anilines is 2. The summed E-state index contributed by atoms with van der Waals surface area (Å²) in [7, 11) is 0. The molecular weight excluding hydrogens is 424 g/mol. The van der Waals surface area contributed by atoms with E-state index in [1.165, 1.54) is 16.9 Å². The molecule has 0 saturated carbocycles. The van der Waals surface area contributed by atoms with E-state index >= 15 is 0 Å². The Labute approximate surface area is 191 Å². The standard InChI is InChI=1S/C24H26N4O3S/c1-16-10-11-19(13-17(16)2)28-15-18(14-22(28)30)23-26-27-24(32-23)25-21(29)9-6-12-31-20-7-4-3-5-8-20/h3-5,7-8,10-11,13,18H,6,9,12,14-15H2,1-2H3,(H,25,27,29)/t18-/m0/s1. The van der Waals surface area contributed by atoms with Crippen LogP contribution in [0.2, 0.25) is 0 Å². The molecule has 32 heavy (non-hydrogen) atoms. The Kier molecular flexibility index (Phi) is 6.80. The Morgan fingerprint density at radius 1 is 1.16 bits per heavy atom. The van der Waals surface area contributed by atoms with Crippen LogP contribution in [0, 0.1) is 13.8 Å². The molecule has 2 heterocycles. The second-order valence-electron chi connectivity index (χ2n) is 7.93. The lowest BCUT2D eigenvalue weighted by atomic mass is 10.1. The zero-order valence-corrected chi connectivity index (χ0v) is 19.0. The lowest BCUT2D eigenvalue weighted by molar-refractivity contribution is -0.117. The van der Waals surface area contributed by atoms with Crippen molar-refractivity contribution >= 4 is 34.0 Å². The molecule has 0 unspecified atom stereocenters. The summed E-state index contributed by atoms with van der Waals surface area (Å²) in [5.41, 5.74) is 3.28. The number of aryl methyl sites for hydroxylation is 2. The van der Waals surface area contributed by atoms with Gasteiger partial charge in [-0.3, -0.25) is 9.59 Å². The van der Waals surface area contributed by atoms with E-state index < -0.39 is 0 Å². The number of hydrogen-bond acceptors (Lipinski definition) is 6. The van der Waals surface area contributed by atoms with Crippen molar-refractivity contribution in [2.75, 3.05) is 23.4 Å². The normalized spacial score (nSPS) is 15.8. The van der Waals surface area contributed by atoms with Crippen LogP contribution in [0.4, 0.5) is 10.8 Å². The minimum absolute atomic E-state index is 0.0217. The van der Waals surface area contributed by atoms with E-state index in [-0.39, 0.29) is 17.7 Å². The van der Waals surface area contributed by atoms with E-state index in [0.29, 0.717) is 37.5 Å². The molecule has 1 saturated heterocycles. The smallest absolute Gasteiger partial charge is 0.227 e. The van der Waals surface area contributed by atoms with Crippen LogP contribution in [-0.4, -0.2) is 35.2 Å². The lowest BCUT2D eigenvalue weighted by Gasteiger charge is -2.17. The van der Waals surface area contributed by atoms with Gasteiger partial charge >= 0.3 is 0 Å². The van der Waals surface area contributed by atoms with E-state index in [9.17, 15) is 9.59 Å². The zero-order valence-electron chi connectivity index (χ0n) is 18.2. The van der Waals surface area contributed by atoms with Crippen molar-refractivity contribution in [3.05, 3.63) is 64.7 Å². The second kappa shape index (κ2) is 9.91. The fourth-order valence-corrected chi connectivity index (χ4v) is 4.44. The van der Waals surface area contributed by atoms with Crippen LogP contribution in [0.15, 0.2) is 48.5 Å². The van der Waals surface area contributed by atoms with Crippen LogP contribution in [-0.2, 0) is 9.59 Å². The predicted molar refractivity (Wildman–Crippen MR) is 125 cm³/mol. The van der Waals surface area contributed by atoms with Crippen LogP contribution in [0.25, 0.3) is 0 Å². The molecule has 0 spiro atoms. The first-order valence-electron chi connectivity index (χ1n) is 10.7. The molecule has 8 heteroatoms. The first kappa shape index (κ1) is 22.0. The third-order valence-corrected chi connectivity index (χ3v) is 6.52. The van der Waals surface area contributed by atoms with Gasteiger partial charge in [0.1, 0.15) is 10.8 Å². The van der Waals surface area contributed by atoms with Gasteiger partial charge in [-0.15, -0.1) is 10.2 Å². The van der Waals surface area contributed by atoms with Crippen LogP contribution < -0.4 is 15.0 Å². The average molecular weight is 451 g/mol. The number of rotatable bonds is 8. The Bertz CT molecular complexity index is 1100.